The van der Waals surface area contributed by atoms with Crippen molar-refractivity contribution < 1.29 is 9.59 Å². The summed E-state index contributed by atoms with van der Waals surface area (Å²) < 4.78 is 0. The molecule has 4 nitrogen and oxygen atoms in total. The molecule has 1 aromatic rings. The first-order valence-corrected chi connectivity index (χ1v) is 5.19. The summed E-state index contributed by atoms with van der Waals surface area (Å²) in [4.78, 5) is 23.4. The van der Waals surface area contributed by atoms with Crippen molar-refractivity contribution in [3.63, 3.8) is 0 Å². The Bertz CT molecular complexity index is 532. The molecule has 0 radical (unpaired) electrons. The van der Waals surface area contributed by atoms with Gasteiger partial charge in [-0.05, 0) is 12.5 Å². The summed E-state index contributed by atoms with van der Waals surface area (Å²) in [6.07, 6.45) is 0.621. The average Bonchev–Trinajstić information content (AvgIpc) is 2.81. The number of fused-ring (bicyclic) bond motifs is 1. The summed E-state index contributed by atoms with van der Waals surface area (Å²) >= 11 is 0. The van der Waals surface area contributed by atoms with Crippen molar-refractivity contribution in [2.45, 2.75) is 6.42 Å². The van der Waals surface area contributed by atoms with E-state index in [2.05, 4.69) is 10.6 Å². The molecule has 4 heteroatoms. The number of anilines is 1. The predicted octanol–water partition coefficient (Wildman–Crippen LogP) is 0.912. The van der Waals surface area contributed by atoms with E-state index < -0.39 is 0 Å². The maximum absolute atomic E-state index is 11.8. The van der Waals surface area contributed by atoms with Crippen LogP contribution in [0.5, 0.6) is 0 Å². The van der Waals surface area contributed by atoms with E-state index in [1.165, 1.54) is 0 Å². The van der Waals surface area contributed by atoms with Gasteiger partial charge in [-0.25, -0.2) is 0 Å². The Hall–Kier alpha value is -2.10. The second-order valence-electron chi connectivity index (χ2n) is 3.86. The molecule has 0 aromatic heterocycles. The van der Waals surface area contributed by atoms with Crippen molar-refractivity contribution in [3.8, 4) is 0 Å². The Balaban J connectivity index is 2.22. The van der Waals surface area contributed by atoms with E-state index in [1.54, 1.807) is 0 Å². The molecule has 2 aliphatic heterocycles. The smallest absolute Gasteiger partial charge is 0.256 e. The van der Waals surface area contributed by atoms with Crippen LogP contribution in [0.4, 0.5) is 5.69 Å². The van der Waals surface area contributed by atoms with Gasteiger partial charge >= 0.3 is 0 Å². The van der Waals surface area contributed by atoms with Crippen molar-refractivity contribution in [3.05, 3.63) is 35.4 Å². The number of benzene rings is 1. The molecule has 2 heterocycles. The second kappa shape index (κ2) is 3.20. The average molecular weight is 214 g/mol. The van der Waals surface area contributed by atoms with Gasteiger partial charge in [0.15, 0.2) is 0 Å². The van der Waals surface area contributed by atoms with Gasteiger partial charge < -0.3 is 10.6 Å². The summed E-state index contributed by atoms with van der Waals surface area (Å²) in [7, 11) is 0. The molecule has 0 aliphatic carbocycles. The van der Waals surface area contributed by atoms with E-state index in [9.17, 15) is 9.59 Å². The highest BCUT2D eigenvalue weighted by atomic mass is 16.2. The van der Waals surface area contributed by atoms with Gasteiger partial charge in [0.1, 0.15) is 0 Å². The molecule has 2 aliphatic rings. The molecular formula is C12H10N2O2. The van der Waals surface area contributed by atoms with E-state index in [-0.39, 0.29) is 11.8 Å². The largest absolute Gasteiger partial charge is 0.352 e. The number of carbonyl (C=O) groups excluding carboxylic acids is 2. The Morgan fingerprint density at radius 1 is 1.06 bits per heavy atom. The molecule has 2 amide bonds. The summed E-state index contributed by atoms with van der Waals surface area (Å²) in [6, 6.07) is 7.43. The maximum Gasteiger partial charge on any atom is 0.256 e. The Labute approximate surface area is 92.3 Å². The number of para-hydroxylation sites is 1. The van der Waals surface area contributed by atoms with Crippen molar-refractivity contribution in [1.29, 1.82) is 0 Å². The van der Waals surface area contributed by atoms with Crippen LogP contribution in [0.3, 0.4) is 0 Å². The molecule has 0 atom stereocenters. The number of nitrogens with one attached hydrogen (secondary N) is 2. The third-order valence-corrected chi connectivity index (χ3v) is 2.91. The highest BCUT2D eigenvalue weighted by molar-refractivity contribution is 6.35. The molecule has 2 N–H and O–H groups in total. The van der Waals surface area contributed by atoms with Crippen LogP contribution in [0, 0.1) is 0 Å². The van der Waals surface area contributed by atoms with Crippen LogP contribution >= 0.6 is 0 Å². The summed E-state index contributed by atoms with van der Waals surface area (Å²) in [5.74, 6) is -0.296. The van der Waals surface area contributed by atoms with Crippen molar-refractivity contribution in [2.75, 3.05) is 11.9 Å². The van der Waals surface area contributed by atoms with E-state index in [0.717, 1.165) is 11.3 Å². The van der Waals surface area contributed by atoms with E-state index in [1.807, 2.05) is 24.3 Å². The van der Waals surface area contributed by atoms with Gasteiger partial charge in [-0.15, -0.1) is 0 Å². The maximum atomic E-state index is 11.8. The van der Waals surface area contributed by atoms with Crippen molar-refractivity contribution >= 4 is 23.1 Å². The number of hydrogen-bond donors (Lipinski definition) is 2. The van der Waals surface area contributed by atoms with Crippen LogP contribution in [-0.2, 0) is 9.59 Å². The second-order valence-corrected chi connectivity index (χ2v) is 3.86. The normalized spacial score (nSPS) is 23.0. The van der Waals surface area contributed by atoms with E-state index in [0.29, 0.717) is 24.1 Å². The van der Waals surface area contributed by atoms with Crippen LogP contribution in [0.2, 0.25) is 0 Å². The van der Waals surface area contributed by atoms with Gasteiger partial charge in [0.25, 0.3) is 5.91 Å². The van der Waals surface area contributed by atoms with Crippen LogP contribution in [-0.4, -0.2) is 18.4 Å². The predicted molar refractivity (Wildman–Crippen MR) is 59.6 cm³/mol. The minimum Gasteiger partial charge on any atom is -0.352 e. The van der Waals surface area contributed by atoms with E-state index >= 15 is 0 Å². The third-order valence-electron chi connectivity index (χ3n) is 2.91. The number of hydrogen-bond acceptors (Lipinski definition) is 2. The molecule has 16 heavy (non-hydrogen) atoms. The molecule has 80 valence electrons. The van der Waals surface area contributed by atoms with Crippen molar-refractivity contribution in [2.24, 2.45) is 0 Å². The highest BCUT2D eigenvalue weighted by Crippen LogP contribution is 2.35. The lowest BCUT2D eigenvalue weighted by molar-refractivity contribution is -0.116. The first kappa shape index (κ1) is 9.15. The third kappa shape index (κ3) is 1.16. The first-order chi connectivity index (χ1) is 7.77. The number of rotatable bonds is 0. The summed E-state index contributed by atoms with van der Waals surface area (Å²) in [6.45, 7) is 0.618. The Morgan fingerprint density at radius 3 is 2.62 bits per heavy atom. The molecule has 0 unspecified atom stereocenters. The quantitative estimate of drug-likeness (QED) is 0.631. The van der Waals surface area contributed by atoms with Gasteiger partial charge in [-0.1, -0.05) is 18.2 Å². The standard InChI is InChI=1S/C12H10N2O2/c15-11-8(5-6-13-11)10-7-3-1-2-4-9(7)14-12(10)16/h1-4H,5-6H2,(H,13,15)(H,14,16)/b10-8-. The first-order valence-electron chi connectivity index (χ1n) is 5.19. The lowest BCUT2D eigenvalue weighted by Crippen LogP contribution is -2.16. The van der Waals surface area contributed by atoms with Crippen LogP contribution < -0.4 is 10.6 Å². The summed E-state index contributed by atoms with van der Waals surface area (Å²) in [5, 5.41) is 5.49. The molecule has 1 aromatic carbocycles. The van der Waals surface area contributed by atoms with Gasteiger partial charge in [0.2, 0.25) is 5.91 Å². The fourth-order valence-electron chi connectivity index (χ4n) is 2.18. The minimum absolute atomic E-state index is 0.123. The van der Waals surface area contributed by atoms with Crippen molar-refractivity contribution in [1.82, 2.24) is 5.32 Å². The lowest BCUT2D eigenvalue weighted by atomic mass is 10.0. The van der Waals surface area contributed by atoms with Crippen LogP contribution in [0.15, 0.2) is 29.8 Å². The molecule has 0 spiro atoms. The molecule has 0 bridgehead atoms. The molecule has 1 fully saturated rings. The molecule has 0 saturated carbocycles. The SMILES string of the molecule is O=C1NCC/C1=C1/C(=O)Nc2ccccc21. The Kier molecular flexibility index (Phi) is 1.83. The minimum atomic E-state index is -0.173. The van der Waals surface area contributed by atoms with E-state index in [4.69, 9.17) is 0 Å². The van der Waals surface area contributed by atoms with Gasteiger partial charge in [-0.3, -0.25) is 9.59 Å². The van der Waals surface area contributed by atoms with Crippen LogP contribution in [0.1, 0.15) is 12.0 Å². The van der Waals surface area contributed by atoms with Gasteiger partial charge in [0, 0.05) is 23.4 Å². The number of amides is 2. The fourth-order valence-corrected chi connectivity index (χ4v) is 2.18. The van der Waals surface area contributed by atoms with Gasteiger partial charge in [0.05, 0.1) is 5.57 Å². The topological polar surface area (TPSA) is 58.2 Å². The summed E-state index contributed by atoms with van der Waals surface area (Å²) in [5.41, 5.74) is 2.75. The van der Waals surface area contributed by atoms with Gasteiger partial charge in [-0.2, -0.15) is 0 Å². The molecule has 3 rings (SSSR count). The monoisotopic (exact) mass is 214 g/mol. The van der Waals surface area contributed by atoms with Crippen LogP contribution in [0.25, 0.3) is 5.57 Å². The fraction of sp³-hybridized carbons (Fsp3) is 0.167. The zero-order chi connectivity index (χ0) is 11.1. The Morgan fingerprint density at radius 2 is 1.88 bits per heavy atom. The molecule has 1 saturated heterocycles. The lowest BCUT2D eigenvalue weighted by Gasteiger charge is -2.00. The molecular weight excluding hydrogens is 204 g/mol. The zero-order valence-corrected chi connectivity index (χ0v) is 8.54. The highest BCUT2D eigenvalue weighted by Gasteiger charge is 2.31. The number of carbonyl (C=O) groups is 2. The zero-order valence-electron chi connectivity index (χ0n) is 8.54.